The van der Waals surface area contributed by atoms with E-state index in [-0.39, 0.29) is 5.75 Å². The first-order valence-electron chi connectivity index (χ1n) is 8.00. The summed E-state index contributed by atoms with van der Waals surface area (Å²) < 4.78 is 0. The lowest BCUT2D eigenvalue weighted by atomic mass is 10.1. The van der Waals surface area contributed by atoms with Crippen LogP contribution < -0.4 is 10.6 Å². The van der Waals surface area contributed by atoms with Gasteiger partial charge in [-0.15, -0.1) is 0 Å². The predicted octanol–water partition coefficient (Wildman–Crippen LogP) is 3.62. The van der Waals surface area contributed by atoms with Gasteiger partial charge in [0.15, 0.2) is 0 Å². The van der Waals surface area contributed by atoms with Crippen LogP contribution >= 0.6 is 0 Å². The standard InChI is InChI=1S/C19H22N2O3/c1-3-4-5-14-6-8-15(9-7-14)20-18(23)19(24)21-17-11-10-16(22)12-13(17)2/h6-12,22H,3-5H2,1-2H3,(H,20,23)(H,21,24). The van der Waals surface area contributed by atoms with E-state index in [1.165, 1.54) is 17.7 Å². The van der Waals surface area contributed by atoms with Crippen LogP contribution in [0.25, 0.3) is 0 Å². The number of amides is 2. The van der Waals surface area contributed by atoms with Gasteiger partial charge < -0.3 is 15.7 Å². The van der Waals surface area contributed by atoms with Crippen LogP contribution in [0.3, 0.4) is 0 Å². The summed E-state index contributed by atoms with van der Waals surface area (Å²) in [6.45, 7) is 3.88. The molecule has 0 saturated carbocycles. The normalized spacial score (nSPS) is 10.2. The van der Waals surface area contributed by atoms with E-state index in [0.717, 1.165) is 19.3 Å². The number of anilines is 2. The number of benzene rings is 2. The number of aromatic hydroxyl groups is 1. The van der Waals surface area contributed by atoms with Gasteiger partial charge in [-0.1, -0.05) is 25.5 Å². The highest BCUT2D eigenvalue weighted by atomic mass is 16.3. The van der Waals surface area contributed by atoms with Crippen molar-refractivity contribution in [2.45, 2.75) is 33.1 Å². The Kier molecular flexibility index (Phi) is 5.95. The fourth-order valence-corrected chi connectivity index (χ4v) is 2.29. The van der Waals surface area contributed by atoms with Crippen LogP contribution in [0.1, 0.15) is 30.9 Å². The quantitative estimate of drug-likeness (QED) is 0.580. The van der Waals surface area contributed by atoms with Crippen molar-refractivity contribution in [2.75, 3.05) is 10.6 Å². The molecule has 0 aromatic heterocycles. The third-order valence-electron chi connectivity index (χ3n) is 3.70. The number of unbranched alkanes of at least 4 members (excludes halogenated alkanes) is 1. The van der Waals surface area contributed by atoms with Crippen molar-refractivity contribution in [2.24, 2.45) is 0 Å². The average molecular weight is 326 g/mol. The minimum absolute atomic E-state index is 0.109. The molecule has 0 atom stereocenters. The second-order valence-corrected chi connectivity index (χ2v) is 5.71. The molecule has 0 radical (unpaired) electrons. The van der Waals surface area contributed by atoms with Gasteiger partial charge in [-0.25, -0.2) is 0 Å². The van der Waals surface area contributed by atoms with E-state index < -0.39 is 11.8 Å². The van der Waals surface area contributed by atoms with Crippen molar-refractivity contribution in [3.8, 4) is 5.75 Å². The summed E-state index contributed by atoms with van der Waals surface area (Å²) in [5, 5.41) is 14.5. The summed E-state index contributed by atoms with van der Waals surface area (Å²) in [5.41, 5.74) is 2.95. The van der Waals surface area contributed by atoms with Crippen molar-refractivity contribution in [3.63, 3.8) is 0 Å². The summed E-state index contributed by atoms with van der Waals surface area (Å²) in [7, 11) is 0. The molecule has 0 aliphatic carbocycles. The SMILES string of the molecule is CCCCc1ccc(NC(=O)C(=O)Nc2ccc(O)cc2C)cc1. The number of carbonyl (C=O) groups is 2. The molecule has 24 heavy (non-hydrogen) atoms. The molecule has 2 aromatic rings. The second kappa shape index (κ2) is 8.15. The molecule has 0 aliphatic heterocycles. The number of rotatable bonds is 5. The lowest BCUT2D eigenvalue weighted by Crippen LogP contribution is -2.29. The fraction of sp³-hybridized carbons (Fsp3) is 0.263. The molecule has 5 nitrogen and oxygen atoms in total. The van der Waals surface area contributed by atoms with Gasteiger partial charge in [-0.3, -0.25) is 9.59 Å². The topological polar surface area (TPSA) is 78.4 Å². The molecule has 0 aliphatic rings. The molecule has 0 fully saturated rings. The number of aryl methyl sites for hydroxylation is 2. The van der Waals surface area contributed by atoms with Crippen LogP contribution in [0.4, 0.5) is 11.4 Å². The van der Waals surface area contributed by atoms with E-state index >= 15 is 0 Å². The third kappa shape index (κ3) is 4.84. The maximum absolute atomic E-state index is 12.0. The van der Waals surface area contributed by atoms with Crippen molar-refractivity contribution in [3.05, 3.63) is 53.6 Å². The number of phenolic OH excluding ortho intramolecular Hbond substituents is 1. The minimum atomic E-state index is -0.751. The Morgan fingerprint density at radius 3 is 2.29 bits per heavy atom. The molecule has 2 amide bonds. The van der Waals surface area contributed by atoms with E-state index in [1.54, 1.807) is 25.1 Å². The highest BCUT2D eigenvalue weighted by Crippen LogP contribution is 2.20. The zero-order valence-electron chi connectivity index (χ0n) is 13.9. The van der Waals surface area contributed by atoms with E-state index in [0.29, 0.717) is 16.9 Å². The molecule has 2 aromatic carbocycles. The number of nitrogens with one attached hydrogen (secondary N) is 2. The third-order valence-corrected chi connectivity index (χ3v) is 3.70. The minimum Gasteiger partial charge on any atom is -0.508 e. The van der Waals surface area contributed by atoms with Crippen LogP contribution in [-0.2, 0) is 16.0 Å². The Morgan fingerprint density at radius 2 is 1.67 bits per heavy atom. The summed E-state index contributed by atoms with van der Waals surface area (Å²) in [5.74, 6) is -1.37. The van der Waals surface area contributed by atoms with Gasteiger partial charge in [0.05, 0.1) is 0 Å². The van der Waals surface area contributed by atoms with Gasteiger partial charge in [0.2, 0.25) is 0 Å². The first-order chi connectivity index (χ1) is 11.5. The molecule has 0 saturated heterocycles. The molecule has 126 valence electrons. The molecule has 0 bridgehead atoms. The molecule has 0 spiro atoms. The van der Waals surface area contributed by atoms with E-state index in [1.807, 2.05) is 12.1 Å². The zero-order chi connectivity index (χ0) is 17.5. The summed E-state index contributed by atoms with van der Waals surface area (Å²) in [6, 6.07) is 12.0. The predicted molar refractivity (Wildman–Crippen MR) is 95.2 cm³/mol. The fourth-order valence-electron chi connectivity index (χ4n) is 2.29. The van der Waals surface area contributed by atoms with Gasteiger partial charge in [-0.05, 0) is 61.2 Å². The Labute approximate surface area is 141 Å². The first kappa shape index (κ1) is 17.5. The lowest BCUT2D eigenvalue weighted by molar-refractivity contribution is -0.133. The van der Waals surface area contributed by atoms with Gasteiger partial charge >= 0.3 is 11.8 Å². The number of carbonyl (C=O) groups excluding carboxylic acids is 2. The lowest BCUT2D eigenvalue weighted by Gasteiger charge is -2.09. The Hall–Kier alpha value is -2.82. The maximum atomic E-state index is 12.0. The van der Waals surface area contributed by atoms with Crippen LogP contribution in [0.2, 0.25) is 0 Å². The van der Waals surface area contributed by atoms with Gasteiger partial charge in [0.1, 0.15) is 5.75 Å². The first-order valence-corrected chi connectivity index (χ1v) is 8.00. The Balaban J connectivity index is 1.94. The summed E-state index contributed by atoms with van der Waals surface area (Å²) >= 11 is 0. The van der Waals surface area contributed by atoms with Crippen LogP contribution in [0, 0.1) is 6.92 Å². The summed E-state index contributed by atoms with van der Waals surface area (Å²) in [6.07, 6.45) is 3.26. The number of hydrogen-bond acceptors (Lipinski definition) is 3. The highest BCUT2D eigenvalue weighted by molar-refractivity contribution is 6.43. The molecule has 3 N–H and O–H groups in total. The van der Waals surface area contributed by atoms with Gasteiger partial charge in [0.25, 0.3) is 0 Å². The van der Waals surface area contributed by atoms with Crippen LogP contribution in [-0.4, -0.2) is 16.9 Å². The summed E-state index contributed by atoms with van der Waals surface area (Å²) in [4.78, 5) is 24.0. The number of phenols is 1. The molecule has 0 unspecified atom stereocenters. The van der Waals surface area contributed by atoms with Crippen molar-refractivity contribution < 1.29 is 14.7 Å². The molecular weight excluding hydrogens is 304 g/mol. The van der Waals surface area contributed by atoms with Crippen molar-refractivity contribution in [1.82, 2.24) is 0 Å². The smallest absolute Gasteiger partial charge is 0.314 e. The Bertz CT molecular complexity index is 724. The van der Waals surface area contributed by atoms with Crippen LogP contribution in [0.15, 0.2) is 42.5 Å². The van der Waals surface area contributed by atoms with E-state index in [2.05, 4.69) is 17.6 Å². The molecule has 0 heterocycles. The highest BCUT2D eigenvalue weighted by Gasteiger charge is 2.15. The van der Waals surface area contributed by atoms with Crippen LogP contribution in [0.5, 0.6) is 5.75 Å². The average Bonchev–Trinajstić information content (AvgIpc) is 2.56. The monoisotopic (exact) mass is 326 g/mol. The van der Waals surface area contributed by atoms with Gasteiger partial charge in [-0.2, -0.15) is 0 Å². The van der Waals surface area contributed by atoms with Gasteiger partial charge in [0, 0.05) is 11.4 Å². The van der Waals surface area contributed by atoms with Crippen molar-refractivity contribution in [1.29, 1.82) is 0 Å². The van der Waals surface area contributed by atoms with E-state index in [4.69, 9.17) is 0 Å². The molecular formula is C19H22N2O3. The molecule has 5 heteroatoms. The zero-order valence-corrected chi connectivity index (χ0v) is 13.9. The maximum Gasteiger partial charge on any atom is 0.314 e. The molecule has 2 rings (SSSR count). The van der Waals surface area contributed by atoms with Crippen molar-refractivity contribution >= 4 is 23.2 Å². The second-order valence-electron chi connectivity index (χ2n) is 5.71. The Morgan fingerprint density at radius 1 is 1.00 bits per heavy atom. The van der Waals surface area contributed by atoms with E-state index in [9.17, 15) is 14.7 Å². The largest absolute Gasteiger partial charge is 0.508 e. The number of hydrogen-bond donors (Lipinski definition) is 3.